The highest BCUT2D eigenvalue weighted by Crippen LogP contribution is 2.25. The average Bonchev–Trinajstić information content (AvgIpc) is 2.85. The summed E-state index contributed by atoms with van der Waals surface area (Å²) in [5.74, 6) is 0.0413. The number of rotatable bonds is 2. The lowest BCUT2D eigenvalue weighted by atomic mass is 10.0. The van der Waals surface area contributed by atoms with Crippen LogP contribution in [0.5, 0.6) is 0 Å². The Balaban J connectivity index is 1.99. The molecule has 1 aliphatic rings. The summed E-state index contributed by atoms with van der Waals surface area (Å²) in [7, 11) is 3.75. The van der Waals surface area contributed by atoms with Crippen molar-refractivity contribution in [1.82, 2.24) is 14.8 Å². The molecule has 20 heavy (non-hydrogen) atoms. The van der Waals surface area contributed by atoms with Gasteiger partial charge in [-0.3, -0.25) is 9.69 Å². The monoisotopic (exact) mass is 287 g/mol. The normalized spacial score (nSPS) is 18.9. The largest absolute Gasteiger partial charge is 0.350 e. The zero-order valence-electron chi connectivity index (χ0n) is 11.8. The molecule has 4 nitrogen and oxygen atoms in total. The van der Waals surface area contributed by atoms with Crippen molar-refractivity contribution in [3.05, 3.63) is 35.5 Å². The van der Waals surface area contributed by atoms with Gasteiger partial charge >= 0.3 is 0 Å². The van der Waals surface area contributed by atoms with E-state index < -0.39 is 0 Å². The second kappa shape index (κ2) is 4.59. The van der Waals surface area contributed by atoms with Crippen LogP contribution in [0.2, 0.25) is 0 Å². The van der Waals surface area contributed by atoms with Crippen molar-refractivity contribution in [3.8, 4) is 0 Å². The lowest BCUT2D eigenvalue weighted by Gasteiger charge is -2.07. The number of hydrogen-bond acceptors (Lipinski definition) is 2. The van der Waals surface area contributed by atoms with Crippen molar-refractivity contribution in [2.45, 2.75) is 19.4 Å². The van der Waals surface area contributed by atoms with E-state index in [2.05, 4.69) is 41.2 Å². The Morgan fingerprint density at radius 1 is 1.35 bits per heavy atom. The van der Waals surface area contributed by atoms with E-state index in [0.29, 0.717) is 11.5 Å². The van der Waals surface area contributed by atoms with Gasteiger partial charge in [-0.1, -0.05) is 18.2 Å². The summed E-state index contributed by atoms with van der Waals surface area (Å²) in [6, 6.07) is 6.02. The highest BCUT2D eigenvalue weighted by molar-refractivity contribution is 7.80. The van der Waals surface area contributed by atoms with Crippen molar-refractivity contribution >= 4 is 34.1 Å². The average molecular weight is 287 g/mol. The molecule has 1 atom stereocenters. The Bertz CT molecular complexity index is 719. The molecule has 2 aromatic rings. The number of carbonyl (C=O) groups is 1. The number of carbonyl (C=O) groups excluding carboxylic acids is 1. The van der Waals surface area contributed by atoms with Gasteiger partial charge in [0.25, 0.3) is 5.91 Å². The summed E-state index contributed by atoms with van der Waals surface area (Å²) in [6.07, 6.45) is 2.76. The van der Waals surface area contributed by atoms with Gasteiger partial charge in [0.15, 0.2) is 5.11 Å². The van der Waals surface area contributed by atoms with Crippen LogP contribution in [-0.4, -0.2) is 33.6 Å². The number of nitrogens with one attached hydrogen (secondary N) is 1. The van der Waals surface area contributed by atoms with E-state index in [1.807, 2.05) is 7.05 Å². The van der Waals surface area contributed by atoms with Crippen LogP contribution in [0.4, 0.5) is 0 Å². The number of hydrogen-bond donors (Lipinski definition) is 1. The molecular weight excluding hydrogens is 270 g/mol. The van der Waals surface area contributed by atoms with Crippen LogP contribution in [0, 0.1) is 6.92 Å². The molecule has 3 rings (SSSR count). The van der Waals surface area contributed by atoms with Crippen LogP contribution >= 0.6 is 12.2 Å². The fourth-order valence-corrected chi connectivity index (χ4v) is 3.15. The molecule has 5 heteroatoms. The Hall–Kier alpha value is -1.88. The number of para-hydroxylation sites is 1. The molecule has 1 unspecified atom stereocenters. The summed E-state index contributed by atoms with van der Waals surface area (Å²) >= 11 is 5.12. The van der Waals surface area contributed by atoms with E-state index in [-0.39, 0.29) is 11.9 Å². The first kappa shape index (κ1) is 13.1. The molecule has 0 radical (unpaired) electrons. The smallest absolute Gasteiger partial charge is 0.251 e. The molecule has 0 aliphatic carbocycles. The topological polar surface area (TPSA) is 37.3 Å². The molecule has 0 spiro atoms. The minimum Gasteiger partial charge on any atom is -0.350 e. The summed E-state index contributed by atoms with van der Waals surface area (Å²) in [5.41, 5.74) is 3.65. The van der Waals surface area contributed by atoms with E-state index in [9.17, 15) is 4.79 Å². The number of benzene rings is 1. The quantitative estimate of drug-likeness (QED) is 0.855. The van der Waals surface area contributed by atoms with Crippen LogP contribution in [0.15, 0.2) is 24.4 Å². The van der Waals surface area contributed by atoms with Crippen molar-refractivity contribution in [2.75, 3.05) is 7.05 Å². The van der Waals surface area contributed by atoms with Gasteiger partial charge in [0, 0.05) is 32.1 Å². The van der Waals surface area contributed by atoms with Crippen LogP contribution in [0.3, 0.4) is 0 Å². The molecule has 0 bridgehead atoms. The Morgan fingerprint density at radius 3 is 2.75 bits per heavy atom. The number of thiocarbonyl (C=S) groups is 1. The van der Waals surface area contributed by atoms with Gasteiger partial charge in [-0.25, -0.2) is 0 Å². The molecule has 1 aromatic heterocycles. The molecule has 104 valence electrons. The third kappa shape index (κ3) is 1.89. The van der Waals surface area contributed by atoms with Gasteiger partial charge in [-0.05, 0) is 30.3 Å². The first-order chi connectivity index (χ1) is 9.49. The standard InChI is InChI=1S/C15H17N3OS/c1-9-5-4-6-11-10(8-17(2)13(9)11)7-12-14(19)18(3)15(20)16-12/h4-6,8,12H,7H2,1-3H3,(H,16,20). The SMILES string of the molecule is Cc1cccc2c(CC3NC(=S)N(C)C3=O)cn(C)c12. The maximum absolute atomic E-state index is 12.1. The molecule has 1 N–H and O–H groups in total. The lowest BCUT2D eigenvalue weighted by molar-refractivity contribution is -0.126. The van der Waals surface area contributed by atoms with Crippen molar-refractivity contribution in [3.63, 3.8) is 0 Å². The van der Waals surface area contributed by atoms with E-state index in [4.69, 9.17) is 12.2 Å². The zero-order valence-corrected chi connectivity index (χ0v) is 12.6. The van der Waals surface area contributed by atoms with E-state index >= 15 is 0 Å². The number of fused-ring (bicyclic) bond motifs is 1. The number of amides is 1. The maximum Gasteiger partial charge on any atom is 0.251 e. The first-order valence-electron chi connectivity index (χ1n) is 6.60. The number of likely N-dealkylation sites (N-methyl/N-ethyl adjacent to an activating group) is 1. The minimum atomic E-state index is -0.251. The van der Waals surface area contributed by atoms with Gasteiger partial charge in [-0.15, -0.1) is 0 Å². The molecule has 1 aromatic carbocycles. The molecule has 0 saturated carbocycles. The fourth-order valence-electron chi connectivity index (χ4n) is 2.92. The maximum atomic E-state index is 12.1. The van der Waals surface area contributed by atoms with E-state index in [1.165, 1.54) is 26.9 Å². The summed E-state index contributed by atoms with van der Waals surface area (Å²) in [4.78, 5) is 13.6. The highest BCUT2D eigenvalue weighted by atomic mass is 32.1. The van der Waals surface area contributed by atoms with Crippen LogP contribution < -0.4 is 5.32 Å². The number of aryl methyl sites for hydroxylation is 2. The van der Waals surface area contributed by atoms with Crippen LogP contribution in [-0.2, 0) is 18.3 Å². The van der Waals surface area contributed by atoms with Crippen LogP contribution in [0.1, 0.15) is 11.1 Å². The molecular formula is C15H17N3OS. The number of aromatic nitrogens is 1. The summed E-state index contributed by atoms with van der Waals surface area (Å²) < 4.78 is 2.13. The van der Waals surface area contributed by atoms with Crippen molar-refractivity contribution < 1.29 is 4.79 Å². The molecule has 1 fully saturated rings. The summed E-state index contributed by atoms with van der Waals surface area (Å²) in [6.45, 7) is 2.11. The first-order valence-corrected chi connectivity index (χ1v) is 7.01. The van der Waals surface area contributed by atoms with Gasteiger partial charge in [-0.2, -0.15) is 0 Å². The second-order valence-electron chi connectivity index (χ2n) is 5.34. The van der Waals surface area contributed by atoms with Gasteiger partial charge < -0.3 is 9.88 Å². The lowest BCUT2D eigenvalue weighted by Crippen LogP contribution is -2.31. The minimum absolute atomic E-state index is 0.0413. The van der Waals surface area contributed by atoms with Gasteiger partial charge in [0.1, 0.15) is 6.04 Å². The zero-order chi connectivity index (χ0) is 14.4. The third-order valence-corrected chi connectivity index (χ3v) is 4.33. The predicted octanol–water partition coefficient (Wildman–Crippen LogP) is 1.74. The van der Waals surface area contributed by atoms with E-state index in [1.54, 1.807) is 7.05 Å². The second-order valence-corrected chi connectivity index (χ2v) is 5.73. The van der Waals surface area contributed by atoms with Crippen molar-refractivity contribution in [2.24, 2.45) is 7.05 Å². The van der Waals surface area contributed by atoms with Gasteiger partial charge in [0.05, 0.1) is 5.52 Å². The molecule has 1 saturated heterocycles. The van der Waals surface area contributed by atoms with Crippen LogP contribution in [0.25, 0.3) is 10.9 Å². The molecule has 2 heterocycles. The van der Waals surface area contributed by atoms with Gasteiger partial charge in [0.2, 0.25) is 0 Å². The Morgan fingerprint density at radius 2 is 2.10 bits per heavy atom. The molecule has 1 aliphatic heterocycles. The number of nitrogens with zero attached hydrogens (tertiary/aromatic N) is 2. The molecule has 1 amide bonds. The van der Waals surface area contributed by atoms with E-state index in [0.717, 1.165) is 0 Å². The summed E-state index contributed by atoms with van der Waals surface area (Å²) in [5, 5.41) is 4.81. The predicted molar refractivity (Wildman–Crippen MR) is 83.7 cm³/mol. The Labute approximate surface area is 123 Å². The highest BCUT2D eigenvalue weighted by Gasteiger charge is 2.33. The van der Waals surface area contributed by atoms with Crippen molar-refractivity contribution in [1.29, 1.82) is 0 Å². The fraction of sp³-hybridized carbons (Fsp3) is 0.333. The Kier molecular flexibility index (Phi) is 3.01. The third-order valence-electron chi connectivity index (χ3n) is 3.94.